The smallest absolute Gasteiger partial charge is 0.376 e. The number of aromatic nitrogens is 2. The number of allylic oxidation sites excluding steroid dienone is 3. The van der Waals surface area contributed by atoms with Gasteiger partial charge in [-0.15, -0.1) is 0 Å². The Hall–Kier alpha value is -2.38. The second kappa shape index (κ2) is 6.74. The Morgan fingerprint density at radius 3 is 2.54 bits per heavy atom. The quantitative estimate of drug-likeness (QED) is 0.878. The van der Waals surface area contributed by atoms with Crippen molar-refractivity contribution in [2.75, 3.05) is 7.11 Å². The van der Waals surface area contributed by atoms with E-state index in [1.54, 1.807) is 18.2 Å². The molecule has 4 nitrogen and oxygen atoms in total. The lowest BCUT2D eigenvalue weighted by molar-refractivity contribution is -0.260. The number of nitrogens with zero attached hydrogens (tertiary/aromatic N) is 2. The van der Waals surface area contributed by atoms with E-state index in [0.717, 1.165) is 6.08 Å². The van der Waals surface area contributed by atoms with E-state index in [2.05, 4.69) is 4.98 Å². The number of ether oxygens (including phenoxy) is 1. The van der Waals surface area contributed by atoms with Crippen LogP contribution < -0.4 is 0 Å². The molecule has 1 aliphatic rings. The van der Waals surface area contributed by atoms with Crippen LogP contribution in [0.3, 0.4) is 0 Å². The van der Waals surface area contributed by atoms with E-state index < -0.39 is 23.6 Å². The summed E-state index contributed by atoms with van der Waals surface area (Å²) in [6.07, 6.45) is 3.00. The number of halogens is 3. The van der Waals surface area contributed by atoms with Gasteiger partial charge in [-0.25, -0.2) is 4.98 Å². The summed E-state index contributed by atoms with van der Waals surface area (Å²) < 4.78 is 49.6. The van der Waals surface area contributed by atoms with Gasteiger partial charge in [-0.05, 0) is 12.0 Å². The zero-order valence-corrected chi connectivity index (χ0v) is 14.1. The predicted octanol–water partition coefficient (Wildman–Crippen LogP) is 3.79. The van der Waals surface area contributed by atoms with Crippen molar-refractivity contribution in [3.8, 4) is 0 Å². The molecule has 0 spiro atoms. The summed E-state index contributed by atoms with van der Waals surface area (Å²) in [7, 11) is 1.42. The second-order valence-corrected chi connectivity index (χ2v) is 6.18. The van der Waals surface area contributed by atoms with E-state index in [4.69, 9.17) is 4.74 Å². The van der Waals surface area contributed by atoms with Crippen LogP contribution >= 0.6 is 0 Å². The van der Waals surface area contributed by atoms with E-state index in [0.29, 0.717) is 0 Å². The zero-order valence-electron chi connectivity index (χ0n) is 14.1. The Morgan fingerprint density at radius 2 is 1.96 bits per heavy atom. The van der Waals surface area contributed by atoms with Crippen LogP contribution in [0.25, 0.3) is 0 Å². The van der Waals surface area contributed by atoms with Gasteiger partial charge in [-0.3, -0.25) is 0 Å². The lowest BCUT2D eigenvalue weighted by Crippen LogP contribution is -2.56. The Kier molecular flexibility index (Phi) is 4.77. The SMILES string of the molecule is COCn1ccnc1C(O)(c1ccccc1)C1(C(F)(F)F)C=CC=CC1. The van der Waals surface area contributed by atoms with Crippen LogP contribution in [0, 0.1) is 5.41 Å². The Bertz CT molecular complexity index is 814. The van der Waals surface area contributed by atoms with Crippen molar-refractivity contribution >= 4 is 0 Å². The van der Waals surface area contributed by atoms with Crippen LogP contribution in [-0.4, -0.2) is 27.9 Å². The van der Waals surface area contributed by atoms with E-state index >= 15 is 0 Å². The first-order chi connectivity index (χ1) is 12.4. The third-order valence-electron chi connectivity index (χ3n) is 4.72. The standard InChI is InChI=1S/C19H19F3N2O2/c1-26-14-24-13-12-23-16(24)18(25,15-8-4-2-5-9-15)17(19(20,21)22)10-6-3-7-11-17/h2-10,12-13,25H,11,14H2,1H3. The van der Waals surface area contributed by atoms with Gasteiger partial charge in [-0.2, -0.15) is 13.2 Å². The summed E-state index contributed by atoms with van der Waals surface area (Å²) in [5.41, 5.74) is -4.89. The van der Waals surface area contributed by atoms with Crippen molar-refractivity contribution in [1.82, 2.24) is 9.55 Å². The predicted molar refractivity (Wildman–Crippen MR) is 90.1 cm³/mol. The second-order valence-electron chi connectivity index (χ2n) is 6.18. The summed E-state index contributed by atoms with van der Waals surface area (Å²) >= 11 is 0. The molecule has 1 heterocycles. The zero-order chi connectivity index (χ0) is 18.8. The van der Waals surface area contributed by atoms with Crippen LogP contribution in [0.2, 0.25) is 0 Å². The third kappa shape index (κ3) is 2.68. The van der Waals surface area contributed by atoms with Crippen LogP contribution in [0.15, 0.2) is 67.0 Å². The molecule has 3 rings (SSSR count). The monoisotopic (exact) mass is 364 g/mol. The summed E-state index contributed by atoms with van der Waals surface area (Å²) in [5.74, 6) is -0.122. The van der Waals surface area contributed by atoms with Gasteiger partial charge in [0.2, 0.25) is 0 Å². The van der Waals surface area contributed by atoms with Crippen LogP contribution in [0.4, 0.5) is 13.2 Å². The minimum atomic E-state index is -4.72. The van der Waals surface area contributed by atoms with E-state index in [9.17, 15) is 18.3 Å². The van der Waals surface area contributed by atoms with Crippen molar-refractivity contribution in [3.05, 3.63) is 78.4 Å². The van der Waals surface area contributed by atoms with Crippen molar-refractivity contribution in [2.45, 2.75) is 24.9 Å². The molecule has 1 aromatic heterocycles. The van der Waals surface area contributed by atoms with Crippen molar-refractivity contribution in [2.24, 2.45) is 5.41 Å². The fraction of sp³-hybridized carbons (Fsp3) is 0.316. The molecule has 0 saturated carbocycles. The average Bonchev–Trinajstić information content (AvgIpc) is 3.10. The third-order valence-corrected chi connectivity index (χ3v) is 4.72. The summed E-state index contributed by atoms with van der Waals surface area (Å²) in [5, 5.41) is 11.7. The molecule has 0 fully saturated rings. The molecular weight excluding hydrogens is 345 g/mol. The molecule has 26 heavy (non-hydrogen) atoms. The van der Waals surface area contributed by atoms with Crippen molar-refractivity contribution < 1.29 is 23.0 Å². The molecule has 2 atom stereocenters. The van der Waals surface area contributed by atoms with E-state index in [1.165, 1.54) is 54.4 Å². The number of alkyl halides is 3. The molecule has 138 valence electrons. The first-order valence-electron chi connectivity index (χ1n) is 8.06. The average molecular weight is 364 g/mol. The van der Waals surface area contributed by atoms with Crippen LogP contribution in [-0.2, 0) is 17.1 Å². The minimum Gasteiger partial charge on any atom is -0.376 e. The number of aliphatic hydroxyl groups is 1. The number of benzene rings is 1. The topological polar surface area (TPSA) is 47.3 Å². The molecule has 2 aromatic rings. The highest BCUT2D eigenvalue weighted by molar-refractivity contribution is 5.39. The maximum Gasteiger partial charge on any atom is 0.401 e. The number of rotatable bonds is 5. The first-order valence-corrected chi connectivity index (χ1v) is 8.06. The number of hydrogen-bond donors (Lipinski definition) is 1. The first kappa shape index (κ1) is 18.4. The Morgan fingerprint density at radius 1 is 1.23 bits per heavy atom. The molecule has 0 radical (unpaired) electrons. The fourth-order valence-electron chi connectivity index (χ4n) is 3.44. The van der Waals surface area contributed by atoms with Gasteiger partial charge in [0.15, 0.2) is 5.60 Å². The molecule has 0 aliphatic heterocycles. The van der Waals surface area contributed by atoms with Gasteiger partial charge in [0.25, 0.3) is 0 Å². The lowest BCUT2D eigenvalue weighted by Gasteiger charge is -2.46. The van der Waals surface area contributed by atoms with Gasteiger partial charge in [0.1, 0.15) is 18.0 Å². The number of hydrogen-bond acceptors (Lipinski definition) is 3. The highest BCUT2D eigenvalue weighted by Gasteiger charge is 2.67. The lowest BCUT2D eigenvalue weighted by atomic mass is 9.63. The van der Waals surface area contributed by atoms with Gasteiger partial charge in [0.05, 0.1) is 0 Å². The molecule has 1 N–H and O–H groups in total. The molecular formula is C19H19F3N2O2. The molecule has 2 unspecified atom stereocenters. The van der Waals surface area contributed by atoms with Crippen LogP contribution in [0.5, 0.6) is 0 Å². The van der Waals surface area contributed by atoms with Crippen LogP contribution in [0.1, 0.15) is 17.8 Å². The molecule has 1 aromatic carbocycles. The fourth-order valence-corrected chi connectivity index (χ4v) is 3.44. The molecule has 7 heteroatoms. The van der Waals surface area contributed by atoms with Crippen molar-refractivity contribution in [1.29, 1.82) is 0 Å². The summed E-state index contributed by atoms with van der Waals surface area (Å²) in [4.78, 5) is 4.09. The summed E-state index contributed by atoms with van der Waals surface area (Å²) in [6.45, 7) is -0.0298. The van der Waals surface area contributed by atoms with E-state index in [-0.39, 0.29) is 18.1 Å². The van der Waals surface area contributed by atoms with Gasteiger partial charge in [0, 0.05) is 19.5 Å². The highest BCUT2D eigenvalue weighted by Crippen LogP contribution is 2.58. The minimum absolute atomic E-state index is 0.0298. The molecule has 1 aliphatic carbocycles. The van der Waals surface area contributed by atoms with Crippen molar-refractivity contribution in [3.63, 3.8) is 0 Å². The van der Waals surface area contributed by atoms with Gasteiger partial charge in [-0.1, -0.05) is 54.6 Å². The maximum absolute atomic E-state index is 14.4. The largest absolute Gasteiger partial charge is 0.401 e. The summed E-state index contributed by atoms with van der Waals surface area (Å²) in [6, 6.07) is 7.83. The number of imidazole rings is 1. The highest BCUT2D eigenvalue weighted by atomic mass is 19.4. The Labute approximate surface area is 149 Å². The van der Waals surface area contributed by atoms with E-state index in [1.807, 2.05) is 0 Å². The molecule has 0 bridgehead atoms. The number of methoxy groups -OCH3 is 1. The van der Waals surface area contributed by atoms with Gasteiger partial charge >= 0.3 is 6.18 Å². The normalized spacial score (nSPS) is 22.3. The molecule has 0 saturated heterocycles. The Balaban J connectivity index is 2.33. The maximum atomic E-state index is 14.4. The van der Waals surface area contributed by atoms with Gasteiger partial charge < -0.3 is 14.4 Å². The molecule has 0 amide bonds.